The molecule has 0 radical (unpaired) electrons. The lowest BCUT2D eigenvalue weighted by Gasteiger charge is -2.37. The number of guanidine groups is 1. The van der Waals surface area contributed by atoms with Crippen LogP contribution in [0.4, 0.5) is 5.00 Å². The summed E-state index contributed by atoms with van der Waals surface area (Å²) in [6.07, 6.45) is 2.49. The van der Waals surface area contributed by atoms with Crippen LogP contribution in [0.3, 0.4) is 0 Å². The second-order valence-corrected chi connectivity index (χ2v) is 7.63. The molecule has 0 unspecified atom stereocenters. The van der Waals surface area contributed by atoms with Crippen molar-refractivity contribution < 1.29 is 0 Å². The first-order valence-electron chi connectivity index (χ1n) is 8.90. The maximum absolute atomic E-state index is 4.85. The van der Waals surface area contributed by atoms with Crippen LogP contribution in [-0.2, 0) is 13.6 Å². The highest BCUT2D eigenvalue weighted by atomic mass is 127. The fourth-order valence-corrected chi connectivity index (χ4v) is 3.76. The van der Waals surface area contributed by atoms with Crippen LogP contribution in [0, 0.1) is 6.92 Å². The molecular weight excluding hydrogens is 461 g/mol. The van der Waals surface area contributed by atoms with Gasteiger partial charge in [-0.25, -0.2) is 4.99 Å². The Kier molecular flexibility index (Phi) is 6.38. The van der Waals surface area contributed by atoms with E-state index in [2.05, 4.69) is 42.8 Å². The van der Waals surface area contributed by atoms with Crippen molar-refractivity contribution in [3.63, 3.8) is 0 Å². The lowest BCUT2D eigenvalue weighted by Crippen LogP contribution is -2.52. The minimum atomic E-state index is 0. The minimum absolute atomic E-state index is 0. The van der Waals surface area contributed by atoms with Crippen molar-refractivity contribution >= 4 is 46.3 Å². The fourth-order valence-electron chi connectivity index (χ4n) is 2.97. The number of aromatic nitrogens is 3. The Bertz CT molecular complexity index is 730. The van der Waals surface area contributed by atoms with Gasteiger partial charge in [0.15, 0.2) is 11.8 Å². The van der Waals surface area contributed by atoms with Gasteiger partial charge in [-0.05, 0) is 37.3 Å². The summed E-state index contributed by atoms with van der Waals surface area (Å²) in [6, 6.07) is 4.92. The second-order valence-electron chi connectivity index (χ2n) is 6.71. The van der Waals surface area contributed by atoms with Crippen molar-refractivity contribution in [2.45, 2.75) is 32.4 Å². The molecule has 2 aliphatic rings. The van der Waals surface area contributed by atoms with Crippen molar-refractivity contribution in [3.05, 3.63) is 29.2 Å². The van der Waals surface area contributed by atoms with E-state index in [1.54, 1.807) is 0 Å². The van der Waals surface area contributed by atoms with Gasteiger partial charge in [0.05, 0.1) is 5.00 Å². The highest BCUT2D eigenvalue weighted by Gasteiger charge is 2.27. The number of piperazine rings is 1. The zero-order valence-corrected chi connectivity index (χ0v) is 18.4. The summed E-state index contributed by atoms with van der Waals surface area (Å²) in [5.41, 5.74) is 0. The SMILES string of the molecule is Cc1nnc(CN=C(NC2CC2)N2CCN(c3cccs3)CC2)n1C.I. The number of nitrogens with zero attached hydrogens (tertiary/aromatic N) is 6. The molecule has 2 aromatic heterocycles. The van der Waals surface area contributed by atoms with E-state index in [0.717, 1.165) is 43.8 Å². The largest absolute Gasteiger partial charge is 0.360 e. The van der Waals surface area contributed by atoms with Crippen LogP contribution in [0.1, 0.15) is 24.5 Å². The summed E-state index contributed by atoms with van der Waals surface area (Å²) < 4.78 is 2.01. The number of hydrogen-bond acceptors (Lipinski definition) is 5. The molecule has 1 aliphatic carbocycles. The Morgan fingerprint density at radius 1 is 1.27 bits per heavy atom. The normalized spacial score (nSPS) is 18.0. The van der Waals surface area contributed by atoms with E-state index < -0.39 is 0 Å². The molecule has 0 atom stereocenters. The zero-order valence-electron chi connectivity index (χ0n) is 15.3. The molecule has 0 bridgehead atoms. The molecule has 9 heteroatoms. The van der Waals surface area contributed by atoms with Crippen molar-refractivity contribution in [1.82, 2.24) is 25.0 Å². The van der Waals surface area contributed by atoms with E-state index in [1.807, 2.05) is 29.9 Å². The average molecular weight is 487 g/mol. The zero-order chi connectivity index (χ0) is 17.2. The molecule has 0 spiro atoms. The number of rotatable bonds is 4. The third kappa shape index (κ3) is 4.48. The van der Waals surface area contributed by atoms with Crippen LogP contribution < -0.4 is 10.2 Å². The predicted molar refractivity (Wildman–Crippen MR) is 117 cm³/mol. The highest BCUT2D eigenvalue weighted by molar-refractivity contribution is 14.0. The first-order chi connectivity index (χ1) is 12.2. The number of halogens is 1. The molecule has 26 heavy (non-hydrogen) atoms. The van der Waals surface area contributed by atoms with E-state index in [9.17, 15) is 0 Å². The summed E-state index contributed by atoms with van der Waals surface area (Å²) in [6.45, 7) is 6.59. The molecule has 1 saturated carbocycles. The first kappa shape index (κ1) is 19.4. The Balaban J connectivity index is 0.00000196. The van der Waals surface area contributed by atoms with Gasteiger partial charge in [0, 0.05) is 39.3 Å². The molecule has 1 saturated heterocycles. The van der Waals surface area contributed by atoms with E-state index in [1.165, 1.54) is 17.8 Å². The summed E-state index contributed by atoms with van der Waals surface area (Å²) in [5, 5.41) is 15.5. The monoisotopic (exact) mass is 487 g/mol. The molecule has 1 aliphatic heterocycles. The molecule has 2 aromatic rings. The molecule has 0 amide bonds. The van der Waals surface area contributed by atoms with Crippen LogP contribution in [0.15, 0.2) is 22.5 Å². The Hall–Kier alpha value is -1.36. The quantitative estimate of drug-likeness (QED) is 0.407. The maximum atomic E-state index is 4.85. The number of aryl methyl sites for hydroxylation is 1. The lowest BCUT2D eigenvalue weighted by atomic mass is 10.3. The third-order valence-electron chi connectivity index (χ3n) is 4.86. The standard InChI is InChI=1S/C17H25N7S.HI/c1-13-20-21-15(22(13)2)12-18-17(19-14-5-6-14)24-9-7-23(8-10-24)16-4-3-11-25-16;/h3-4,11,14H,5-10,12H2,1-2H3,(H,18,19);1H. The van der Waals surface area contributed by atoms with Gasteiger partial charge in [-0.15, -0.1) is 45.5 Å². The van der Waals surface area contributed by atoms with Gasteiger partial charge in [-0.2, -0.15) is 0 Å². The Morgan fingerprint density at radius 3 is 2.62 bits per heavy atom. The molecule has 1 N–H and O–H groups in total. The van der Waals surface area contributed by atoms with Crippen molar-refractivity contribution in [2.24, 2.45) is 12.0 Å². The van der Waals surface area contributed by atoms with Gasteiger partial charge in [0.1, 0.15) is 12.4 Å². The second kappa shape index (κ2) is 8.55. The lowest BCUT2D eigenvalue weighted by molar-refractivity contribution is 0.372. The van der Waals surface area contributed by atoms with Gasteiger partial charge < -0.3 is 19.7 Å². The predicted octanol–water partition coefficient (Wildman–Crippen LogP) is 2.23. The first-order valence-corrected chi connectivity index (χ1v) is 9.78. The number of nitrogens with one attached hydrogen (secondary N) is 1. The number of aliphatic imine (C=N–C) groups is 1. The summed E-state index contributed by atoms with van der Waals surface area (Å²) in [5.74, 6) is 2.85. The molecule has 7 nitrogen and oxygen atoms in total. The van der Waals surface area contributed by atoms with E-state index in [-0.39, 0.29) is 24.0 Å². The van der Waals surface area contributed by atoms with Crippen molar-refractivity contribution in [1.29, 1.82) is 0 Å². The number of thiophene rings is 1. The minimum Gasteiger partial charge on any atom is -0.360 e. The summed E-state index contributed by atoms with van der Waals surface area (Å²) >= 11 is 1.81. The van der Waals surface area contributed by atoms with Crippen molar-refractivity contribution in [2.75, 3.05) is 31.1 Å². The van der Waals surface area contributed by atoms with Gasteiger partial charge in [-0.3, -0.25) is 0 Å². The Morgan fingerprint density at radius 2 is 2.04 bits per heavy atom. The fraction of sp³-hybridized carbons (Fsp3) is 0.588. The molecule has 3 heterocycles. The van der Waals surface area contributed by atoms with Crippen LogP contribution in [0.5, 0.6) is 0 Å². The summed E-state index contributed by atoms with van der Waals surface area (Å²) in [7, 11) is 1.99. The van der Waals surface area contributed by atoms with Crippen molar-refractivity contribution in [3.8, 4) is 0 Å². The summed E-state index contributed by atoms with van der Waals surface area (Å²) in [4.78, 5) is 9.69. The number of anilines is 1. The average Bonchev–Trinajstić information content (AvgIpc) is 3.17. The maximum Gasteiger partial charge on any atom is 0.194 e. The van der Waals surface area contributed by atoms with Crippen LogP contribution in [0.2, 0.25) is 0 Å². The Labute approximate surface area is 175 Å². The van der Waals surface area contributed by atoms with E-state index in [0.29, 0.717) is 12.6 Å². The van der Waals surface area contributed by atoms with Crippen LogP contribution >= 0.6 is 35.3 Å². The number of hydrogen-bond donors (Lipinski definition) is 1. The molecule has 2 fully saturated rings. The molecule has 0 aromatic carbocycles. The highest BCUT2D eigenvalue weighted by Crippen LogP contribution is 2.23. The van der Waals surface area contributed by atoms with Gasteiger partial charge in [0.2, 0.25) is 0 Å². The van der Waals surface area contributed by atoms with E-state index >= 15 is 0 Å². The molecular formula is C17H26IN7S. The smallest absolute Gasteiger partial charge is 0.194 e. The van der Waals surface area contributed by atoms with E-state index in [4.69, 9.17) is 4.99 Å². The third-order valence-corrected chi connectivity index (χ3v) is 5.79. The molecule has 4 rings (SSSR count). The van der Waals surface area contributed by atoms with Crippen LogP contribution in [0.25, 0.3) is 0 Å². The van der Waals surface area contributed by atoms with Crippen LogP contribution in [-0.4, -0.2) is 57.8 Å². The van der Waals surface area contributed by atoms with Gasteiger partial charge in [-0.1, -0.05) is 0 Å². The van der Waals surface area contributed by atoms with Gasteiger partial charge in [0.25, 0.3) is 0 Å². The van der Waals surface area contributed by atoms with Gasteiger partial charge >= 0.3 is 0 Å². The topological polar surface area (TPSA) is 61.6 Å². The molecule has 142 valence electrons.